The summed E-state index contributed by atoms with van der Waals surface area (Å²) in [5.41, 5.74) is 0.130. The molecule has 0 aromatic carbocycles. The lowest BCUT2D eigenvalue weighted by molar-refractivity contribution is 0.0414. The van der Waals surface area contributed by atoms with Crippen LogP contribution in [0.1, 0.15) is 39.2 Å². The quantitative estimate of drug-likeness (QED) is 0.776. The minimum absolute atomic E-state index is 0.623. The SMILES string of the molecule is CC(C)CCC(C)(O)c1ccoc1. The lowest BCUT2D eigenvalue weighted by Crippen LogP contribution is -2.20. The predicted octanol–water partition coefficient (Wildman–Crippen LogP) is 2.92. The van der Waals surface area contributed by atoms with E-state index < -0.39 is 5.60 Å². The van der Waals surface area contributed by atoms with Crippen LogP contribution in [0.2, 0.25) is 0 Å². The summed E-state index contributed by atoms with van der Waals surface area (Å²) in [7, 11) is 0. The van der Waals surface area contributed by atoms with Crippen LogP contribution in [-0.4, -0.2) is 5.11 Å². The van der Waals surface area contributed by atoms with Crippen LogP contribution in [0.15, 0.2) is 23.0 Å². The molecule has 0 radical (unpaired) electrons. The van der Waals surface area contributed by atoms with Crippen molar-refractivity contribution in [1.82, 2.24) is 0 Å². The molecule has 0 saturated heterocycles. The van der Waals surface area contributed by atoms with E-state index in [0.29, 0.717) is 5.92 Å². The Bertz CT molecular complexity index is 235. The summed E-state index contributed by atoms with van der Waals surface area (Å²) < 4.78 is 4.95. The molecule has 1 heterocycles. The zero-order valence-electron chi connectivity index (χ0n) is 8.58. The fourth-order valence-corrected chi connectivity index (χ4v) is 1.28. The van der Waals surface area contributed by atoms with Gasteiger partial charge in [-0.3, -0.25) is 0 Å². The summed E-state index contributed by atoms with van der Waals surface area (Å²) in [4.78, 5) is 0. The van der Waals surface area contributed by atoms with Gasteiger partial charge in [0.05, 0.1) is 18.1 Å². The Kier molecular flexibility index (Phi) is 3.15. The van der Waals surface area contributed by atoms with Crippen LogP contribution in [-0.2, 0) is 5.60 Å². The first-order valence-electron chi connectivity index (χ1n) is 4.77. The van der Waals surface area contributed by atoms with Crippen LogP contribution < -0.4 is 0 Å². The molecule has 0 fully saturated rings. The van der Waals surface area contributed by atoms with E-state index in [1.165, 1.54) is 0 Å². The van der Waals surface area contributed by atoms with Crippen molar-refractivity contribution in [2.24, 2.45) is 5.92 Å². The fourth-order valence-electron chi connectivity index (χ4n) is 1.28. The van der Waals surface area contributed by atoms with Crippen molar-refractivity contribution in [2.45, 2.75) is 39.2 Å². The van der Waals surface area contributed by atoms with E-state index in [9.17, 15) is 5.11 Å². The van der Waals surface area contributed by atoms with E-state index >= 15 is 0 Å². The van der Waals surface area contributed by atoms with Gasteiger partial charge in [0, 0.05) is 5.56 Å². The molecule has 1 rings (SSSR count). The topological polar surface area (TPSA) is 33.4 Å². The first kappa shape index (κ1) is 10.3. The molecule has 0 amide bonds. The van der Waals surface area contributed by atoms with Crippen LogP contribution in [0.5, 0.6) is 0 Å². The van der Waals surface area contributed by atoms with Gasteiger partial charge in [0.25, 0.3) is 0 Å². The van der Waals surface area contributed by atoms with Crippen molar-refractivity contribution < 1.29 is 9.52 Å². The van der Waals surface area contributed by atoms with Crippen LogP contribution in [0.3, 0.4) is 0 Å². The maximum absolute atomic E-state index is 10.1. The molecular weight excluding hydrogens is 164 g/mol. The highest BCUT2D eigenvalue weighted by Gasteiger charge is 2.23. The lowest BCUT2D eigenvalue weighted by Gasteiger charge is -2.22. The molecule has 0 aliphatic heterocycles. The molecule has 0 aliphatic rings. The molecule has 2 heteroatoms. The van der Waals surface area contributed by atoms with E-state index in [1.807, 2.05) is 13.0 Å². The summed E-state index contributed by atoms with van der Waals surface area (Å²) in [6.07, 6.45) is 5.02. The first-order valence-corrected chi connectivity index (χ1v) is 4.77. The summed E-state index contributed by atoms with van der Waals surface area (Å²) in [5.74, 6) is 0.623. The Labute approximate surface area is 79.6 Å². The van der Waals surface area contributed by atoms with Gasteiger partial charge in [0.1, 0.15) is 0 Å². The Hall–Kier alpha value is -0.760. The monoisotopic (exact) mass is 182 g/mol. The number of aliphatic hydroxyl groups is 1. The maximum atomic E-state index is 10.1. The van der Waals surface area contributed by atoms with Gasteiger partial charge >= 0.3 is 0 Å². The molecular formula is C11H18O2. The molecule has 1 N–H and O–H groups in total. The highest BCUT2D eigenvalue weighted by atomic mass is 16.3. The molecule has 1 aromatic rings. The zero-order valence-corrected chi connectivity index (χ0v) is 8.58. The first-order chi connectivity index (χ1) is 6.02. The summed E-state index contributed by atoms with van der Waals surface area (Å²) in [6.45, 7) is 6.15. The lowest BCUT2D eigenvalue weighted by atomic mass is 9.90. The smallest absolute Gasteiger partial charge is 0.0963 e. The molecule has 0 aliphatic carbocycles. The number of hydrogen-bond donors (Lipinski definition) is 1. The van der Waals surface area contributed by atoms with Gasteiger partial charge in [0.15, 0.2) is 0 Å². The summed E-state index contributed by atoms with van der Waals surface area (Å²) in [5, 5.41) is 10.1. The van der Waals surface area contributed by atoms with E-state index in [4.69, 9.17) is 4.42 Å². The fraction of sp³-hybridized carbons (Fsp3) is 0.636. The van der Waals surface area contributed by atoms with Crippen LogP contribution >= 0.6 is 0 Å². The Morgan fingerprint density at radius 2 is 2.23 bits per heavy atom. The van der Waals surface area contributed by atoms with Crippen molar-refractivity contribution in [2.75, 3.05) is 0 Å². The van der Waals surface area contributed by atoms with E-state index in [-0.39, 0.29) is 0 Å². The van der Waals surface area contributed by atoms with Crippen molar-refractivity contribution in [3.63, 3.8) is 0 Å². The molecule has 13 heavy (non-hydrogen) atoms. The average Bonchev–Trinajstić information content (AvgIpc) is 2.53. The molecule has 0 saturated carbocycles. The molecule has 1 unspecified atom stereocenters. The minimum atomic E-state index is -0.739. The van der Waals surface area contributed by atoms with Gasteiger partial charge in [-0.25, -0.2) is 0 Å². The third kappa shape index (κ3) is 2.88. The summed E-state index contributed by atoms with van der Waals surface area (Å²) >= 11 is 0. The van der Waals surface area contributed by atoms with Gasteiger partial charge < -0.3 is 9.52 Å². The van der Waals surface area contributed by atoms with Gasteiger partial charge in [-0.2, -0.15) is 0 Å². The second-order valence-electron chi connectivity index (χ2n) is 4.22. The normalized spacial score (nSPS) is 16.1. The van der Waals surface area contributed by atoms with Crippen molar-refractivity contribution in [3.05, 3.63) is 24.2 Å². The highest BCUT2D eigenvalue weighted by molar-refractivity contribution is 5.14. The second kappa shape index (κ2) is 3.97. The van der Waals surface area contributed by atoms with E-state index in [2.05, 4.69) is 13.8 Å². The van der Waals surface area contributed by atoms with Crippen molar-refractivity contribution in [1.29, 1.82) is 0 Å². The van der Waals surface area contributed by atoms with E-state index in [1.54, 1.807) is 12.5 Å². The Balaban J connectivity index is 2.56. The van der Waals surface area contributed by atoms with Gasteiger partial charge in [-0.1, -0.05) is 13.8 Å². The maximum Gasteiger partial charge on any atom is 0.0963 e. The summed E-state index contributed by atoms with van der Waals surface area (Å²) in [6, 6.07) is 1.82. The second-order valence-corrected chi connectivity index (χ2v) is 4.22. The standard InChI is InChI=1S/C11H18O2/c1-9(2)4-6-11(3,12)10-5-7-13-8-10/h5,7-9,12H,4,6H2,1-3H3. The third-order valence-electron chi connectivity index (χ3n) is 2.35. The molecule has 1 aromatic heterocycles. The van der Waals surface area contributed by atoms with Gasteiger partial charge in [-0.05, 0) is 31.7 Å². The number of rotatable bonds is 4. The molecule has 74 valence electrons. The van der Waals surface area contributed by atoms with Crippen molar-refractivity contribution in [3.8, 4) is 0 Å². The Morgan fingerprint density at radius 1 is 1.54 bits per heavy atom. The molecule has 0 bridgehead atoms. The largest absolute Gasteiger partial charge is 0.472 e. The average molecular weight is 182 g/mol. The molecule has 0 spiro atoms. The molecule has 1 atom stereocenters. The van der Waals surface area contributed by atoms with Crippen LogP contribution in [0, 0.1) is 5.92 Å². The number of furan rings is 1. The minimum Gasteiger partial charge on any atom is -0.472 e. The Morgan fingerprint density at radius 3 is 2.69 bits per heavy atom. The van der Waals surface area contributed by atoms with Gasteiger partial charge in [0.2, 0.25) is 0 Å². The van der Waals surface area contributed by atoms with Gasteiger partial charge in [-0.15, -0.1) is 0 Å². The highest BCUT2D eigenvalue weighted by Crippen LogP contribution is 2.27. The zero-order chi connectivity index (χ0) is 9.90. The van der Waals surface area contributed by atoms with Crippen molar-refractivity contribution >= 4 is 0 Å². The van der Waals surface area contributed by atoms with Crippen LogP contribution in [0.25, 0.3) is 0 Å². The molecule has 2 nitrogen and oxygen atoms in total. The third-order valence-corrected chi connectivity index (χ3v) is 2.35. The number of hydrogen-bond acceptors (Lipinski definition) is 2. The van der Waals surface area contributed by atoms with Crippen LogP contribution in [0.4, 0.5) is 0 Å². The van der Waals surface area contributed by atoms with E-state index in [0.717, 1.165) is 18.4 Å². The predicted molar refractivity (Wildman–Crippen MR) is 52.4 cm³/mol.